The number of benzene rings is 2. The monoisotopic (exact) mass is 467 g/mol. The van der Waals surface area contributed by atoms with Crippen molar-refractivity contribution < 1.29 is 0 Å². The molecule has 1 heterocycles. The fourth-order valence-electron chi connectivity index (χ4n) is 5.67. The molecule has 0 aliphatic carbocycles. The zero-order chi connectivity index (χ0) is 24.3. The predicted molar refractivity (Wildman–Crippen MR) is 151 cm³/mol. The Bertz CT molecular complexity index is 1000. The SMILES string of the molecule is CC(C)(C)P(c1cccc2cc3cccc(P(C(C)(C)C)C(C)(C)C)c3nc12)C(C)(C)C. The molecule has 3 rings (SSSR count). The highest BCUT2D eigenvalue weighted by atomic mass is 31.1. The minimum atomic E-state index is -0.420. The van der Waals surface area contributed by atoms with Crippen molar-refractivity contribution in [2.45, 2.75) is 104 Å². The van der Waals surface area contributed by atoms with E-state index in [9.17, 15) is 0 Å². The molecule has 3 aromatic rings. The first-order chi connectivity index (χ1) is 14.4. The van der Waals surface area contributed by atoms with Crippen molar-refractivity contribution in [3.05, 3.63) is 42.5 Å². The average Bonchev–Trinajstić information content (AvgIpc) is 2.56. The van der Waals surface area contributed by atoms with E-state index in [1.54, 1.807) is 0 Å². The van der Waals surface area contributed by atoms with Gasteiger partial charge in [-0.3, -0.25) is 0 Å². The van der Waals surface area contributed by atoms with Gasteiger partial charge in [0.05, 0.1) is 11.0 Å². The molecule has 0 radical (unpaired) electrons. The standard InChI is InChI=1S/C29H43NP2/c1-26(2,3)31(27(4,5)6)22-17-13-15-20-19-21-16-14-18-23(25(21)30-24(20)22)32(28(7,8)9)29(10,11)12/h13-19H,1-12H3. The van der Waals surface area contributed by atoms with Gasteiger partial charge in [0.2, 0.25) is 0 Å². The fourth-order valence-corrected chi connectivity index (χ4v) is 13.8. The fraction of sp³-hybridized carbons (Fsp3) is 0.552. The number of para-hydroxylation sites is 2. The summed E-state index contributed by atoms with van der Waals surface area (Å²) in [6, 6.07) is 16.0. The minimum absolute atomic E-state index is 0.210. The molecule has 0 spiro atoms. The van der Waals surface area contributed by atoms with E-state index >= 15 is 0 Å². The van der Waals surface area contributed by atoms with Gasteiger partial charge in [0, 0.05) is 21.4 Å². The van der Waals surface area contributed by atoms with Gasteiger partial charge in [-0.05, 0) is 26.7 Å². The zero-order valence-corrected chi connectivity index (χ0v) is 24.2. The second-order valence-electron chi connectivity index (χ2n) is 13.0. The first-order valence-corrected chi connectivity index (χ1v) is 14.5. The van der Waals surface area contributed by atoms with Crippen molar-refractivity contribution in [1.29, 1.82) is 0 Å². The van der Waals surface area contributed by atoms with Crippen LogP contribution in [-0.2, 0) is 0 Å². The van der Waals surface area contributed by atoms with Crippen LogP contribution in [0.15, 0.2) is 42.5 Å². The van der Waals surface area contributed by atoms with Crippen molar-refractivity contribution in [2.24, 2.45) is 0 Å². The third kappa shape index (κ3) is 5.05. The quantitative estimate of drug-likeness (QED) is 0.271. The average molecular weight is 468 g/mol. The first kappa shape index (κ1) is 25.6. The lowest BCUT2D eigenvalue weighted by molar-refractivity contribution is 0.714. The van der Waals surface area contributed by atoms with Crippen molar-refractivity contribution in [1.82, 2.24) is 4.98 Å². The molecular formula is C29H43NP2. The molecule has 0 amide bonds. The van der Waals surface area contributed by atoms with Crippen LogP contribution in [0.25, 0.3) is 21.8 Å². The highest BCUT2D eigenvalue weighted by molar-refractivity contribution is 7.69. The Morgan fingerprint density at radius 3 is 1.09 bits per heavy atom. The van der Waals surface area contributed by atoms with E-state index in [1.807, 2.05) is 0 Å². The van der Waals surface area contributed by atoms with Gasteiger partial charge < -0.3 is 0 Å². The van der Waals surface area contributed by atoms with Crippen LogP contribution in [0, 0.1) is 0 Å². The second-order valence-corrected chi connectivity index (χ2v) is 20.7. The minimum Gasteiger partial charge on any atom is -0.246 e. The summed E-state index contributed by atoms with van der Waals surface area (Å²) in [5.41, 5.74) is 2.42. The number of hydrogen-bond donors (Lipinski definition) is 0. The number of hydrogen-bond acceptors (Lipinski definition) is 1. The van der Waals surface area contributed by atoms with Gasteiger partial charge in [-0.2, -0.15) is 0 Å². The zero-order valence-electron chi connectivity index (χ0n) is 22.4. The van der Waals surface area contributed by atoms with E-state index in [2.05, 4.69) is 126 Å². The molecule has 174 valence electrons. The van der Waals surface area contributed by atoms with Crippen LogP contribution in [0.5, 0.6) is 0 Å². The molecule has 0 saturated carbocycles. The molecule has 0 aliphatic heterocycles. The molecule has 0 bridgehead atoms. The molecule has 0 fully saturated rings. The molecular weight excluding hydrogens is 424 g/mol. The number of aromatic nitrogens is 1. The molecule has 0 saturated heterocycles. The molecule has 1 aromatic heterocycles. The summed E-state index contributed by atoms with van der Waals surface area (Å²) in [6.07, 6.45) is 0. The summed E-state index contributed by atoms with van der Waals surface area (Å²) < 4.78 is 0. The van der Waals surface area contributed by atoms with Gasteiger partial charge in [0.15, 0.2) is 0 Å². The van der Waals surface area contributed by atoms with Gasteiger partial charge in [-0.1, -0.05) is 135 Å². The largest absolute Gasteiger partial charge is 0.246 e. The molecule has 1 nitrogen and oxygen atoms in total. The summed E-state index contributed by atoms with van der Waals surface area (Å²) in [4.78, 5) is 5.51. The maximum atomic E-state index is 5.51. The van der Waals surface area contributed by atoms with E-state index in [0.717, 1.165) is 0 Å². The molecule has 0 aliphatic rings. The topological polar surface area (TPSA) is 12.9 Å². The highest BCUT2D eigenvalue weighted by Gasteiger charge is 2.38. The second kappa shape index (κ2) is 8.32. The predicted octanol–water partition coefficient (Wildman–Crippen LogP) is 8.80. The third-order valence-electron chi connectivity index (χ3n) is 5.79. The van der Waals surface area contributed by atoms with Crippen LogP contribution in [-0.4, -0.2) is 25.6 Å². The Hall–Kier alpha value is -1.03. The van der Waals surface area contributed by atoms with E-state index < -0.39 is 15.8 Å². The summed E-state index contributed by atoms with van der Waals surface area (Å²) >= 11 is 0. The van der Waals surface area contributed by atoms with Crippen molar-refractivity contribution in [2.75, 3.05) is 0 Å². The van der Waals surface area contributed by atoms with Gasteiger partial charge in [-0.25, -0.2) is 4.98 Å². The van der Waals surface area contributed by atoms with Gasteiger partial charge in [0.25, 0.3) is 0 Å². The highest BCUT2D eigenvalue weighted by Crippen LogP contribution is 2.60. The van der Waals surface area contributed by atoms with E-state index in [1.165, 1.54) is 32.4 Å². The Balaban J connectivity index is 2.41. The molecule has 0 N–H and O–H groups in total. The molecule has 0 unspecified atom stereocenters. The third-order valence-corrected chi connectivity index (χ3v) is 12.8. The van der Waals surface area contributed by atoms with Crippen LogP contribution >= 0.6 is 15.8 Å². The van der Waals surface area contributed by atoms with Crippen LogP contribution < -0.4 is 10.6 Å². The number of fused-ring (bicyclic) bond motifs is 2. The Morgan fingerprint density at radius 2 is 0.812 bits per heavy atom. The molecule has 0 atom stereocenters. The first-order valence-electron chi connectivity index (χ1n) is 11.9. The maximum Gasteiger partial charge on any atom is 0.0787 e. The number of rotatable bonds is 2. The molecule has 32 heavy (non-hydrogen) atoms. The van der Waals surface area contributed by atoms with Crippen molar-refractivity contribution in [3.63, 3.8) is 0 Å². The summed E-state index contributed by atoms with van der Waals surface area (Å²) in [6.45, 7) is 28.8. The van der Waals surface area contributed by atoms with E-state index in [0.29, 0.717) is 0 Å². The maximum absolute atomic E-state index is 5.51. The Morgan fingerprint density at radius 1 is 0.500 bits per heavy atom. The van der Waals surface area contributed by atoms with Gasteiger partial charge in [0.1, 0.15) is 0 Å². The normalized spacial score (nSPS) is 14.2. The Kier molecular flexibility index (Phi) is 6.66. The van der Waals surface area contributed by atoms with Gasteiger partial charge in [-0.15, -0.1) is 0 Å². The Labute approximate surface area is 199 Å². The van der Waals surface area contributed by atoms with E-state index in [4.69, 9.17) is 4.98 Å². The summed E-state index contributed by atoms with van der Waals surface area (Å²) in [7, 11) is -0.841. The van der Waals surface area contributed by atoms with Crippen LogP contribution in [0.2, 0.25) is 0 Å². The summed E-state index contributed by atoms with van der Waals surface area (Å²) in [5.74, 6) is 0. The van der Waals surface area contributed by atoms with Crippen LogP contribution in [0.3, 0.4) is 0 Å². The number of pyridine rings is 1. The summed E-state index contributed by atoms with van der Waals surface area (Å²) in [5, 5.41) is 6.27. The lowest BCUT2D eigenvalue weighted by Crippen LogP contribution is -2.32. The van der Waals surface area contributed by atoms with Crippen LogP contribution in [0.4, 0.5) is 0 Å². The van der Waals surface area contributed by atoms with Crippen LogP contribution in [0.1, 0.15) is 83.1 Å². The number of nitrogens with zero attached hydrogens (tertiary/aromatic N) is 1. The van der Waals surface area contributed by atoms with Gasteiger partial charge >= 0.3 is 0 Å². The lowest BCUT2D eigenvalue weighted by Gasteiger charge is -2.42. The van der Waals surface area contributed by atoms with Crippen molar-refractivity contribution >= 4 is 48.3 Å². The molecule has 3 heteroatoms. The van der Waals surface area contributed by atoms with E-state index in [-0.39, 0.29) is 20.6 Å². The lowest BCUT2D eigenvalue weighted by atomic mass is 10.1. The molecule has 2 aromatic carbocycles. The van der Waals surface area contributed by atoms with Crippen molar-refractivity contribution in [3.8, 4) is 0 Å². The smallest absolute Gasteiger partial charge is 0.0787 e.